The first-order valence-corrected chi connectivity index (χ1v) is 8.40. The molecule has 1 amide bonds. The van der Waals surface area contributed by atoms with E-state index in [9.17, 15) is 14.0 Å². The number of nitrogens with one attached hydrogen (secondary N) is 2. The fourth-order valence-corrected chi connectivity index (χ4v) is 3.17. The number of hydrogen-bond donors (Lipinski definition) is 2. The van der Waals surface area contributed by atoms with Crippen LogP contribution in [0.5, 0.6) is 0 Å². The van der Waals surface area contributed by atoms with Crippen LogP contribution in [0.15, 0.2) is 41.3 Å². The Morgan fingerprint density at radius 2 is 2.15 bits per heavy atom. The molecule has 0 atom stereocenters. The molecule has 1 aliphatic heterocycles. The Morgan fingerprint density at radius 3 is 2.92 bits per heavy atom. The number of nitrogens with zero attached hydrogens (tertiary/aromatic N) is 2. The van der Waals surface area contributed by atoms with Gasteiger partial charge in [-0.25, -0.2) is 9.37 Å². The molecule has 0 radical (unpaired) electrons. The van der Waals surface area contributed by atoms with Crippen molar-refractivity contribution in [3.05, 3.63) is 74.7 Å². The van der Waals surface area contributed by atoms with Gasteiger partial charge in [0.25, 0.3) is 11.5 Å². The average molecular weight is 373 g/mol. The number of fused-ring (bicyclic) bond motifs is 1. The first kappa shape index (κ1) is 16.5. The predicted octanol–water partition coefficient (Wildman–Crippen LogP) is 2.76. The minimum atomic E-state index is -0.433. The maximum Gasteiger partial charge on any atom is 0.266 e. The van der Waals surface area contributed by atoms with Crippen molar-refractivity contribution in [2.75, 3.05) is 6.54 Å². The van der Waals surface area contributed by atoms with Crippen LogP contribution in [-0.4, -0.2) is 32.3 Å². The number of pyridine rings is 1. The summed E-state index contributed by atoms with van der Waals surface area (Å²) in [6, 6.07) is 7.56. The average Bonchev–Trinajstić information content (AvgIpc) is 3.06. The van der Waals surface area contributed by atoms with Gasteiger partial charge in [0.2, 0.25) is 0 Å². The molecule has 0 fully saturated rings. The lowest BCUT2D eigenvalue weighted by Crippen LogP contribution is -2.36. The molecule has 6 nitrogen and oxygen atoms in total. The summed E-state index contributed by atoms with van der Waals surface area (Å²) >= 11 is 5.80. The standard InChI is InChI=1S/C18H14ClFN4O2/c19-13-7-11(8-21-17(13)25)18(26)24-5-4-14-15(9-24)23-16(22-14)10-2-1-3-12(20)6-10/h1-3,6-8H,4-5,9H2,(H,21,25)(H,22,23). The molecule has 0 unspecified atom stereocenters. The smallest absolute Gasteiger partial charge is 0.266 e. The van der Waals surface area contributed by atoms with Crippen LogP contribution in [0.3, 0.4) is 0 Å². The van der Waals surface area contributed by atoms with Crippen molar-refractivity contribution in [2.24, 2.45) is 0 Å². The summed E-state index contributed by atoms with van der Waals surface area (Å²) < 4.78 is 13.4. The SMILES string of the molecule is O=C(c1c[nH]c(=O)c(Cl)c1)N1CCc2nc(-c3cccc(F)c3)[nH]c2C1. The lowest BCUT2D eigenvalue weighted by molar-refractivity contribution is 0.0731. The maximum absolute atomic E-state index is 13.4. The van der Waals surface area contributed by atoms with Crippen molar-refractivity contribution < 1.29 is 9.18 Å². The topological polar surface area (TPSA) is 81.8 Å². The molecule has 0 saturated carbocycles. The fraction of sp³-hybridized carbons (Fsp3) is 0.167. The van der Waals surface area contributed by atoms with Crippen molar-refractivity contribution in [2.45, 2.75) is 13.0 Å². The third-order valence-corrected chi connectivity index (χ3v) is 4.60. The van der Waals surface area contributed by atoms with E-state index in [1.54, 1.807) is 17.0 Å². The Bertz CT molecular complexity index is 1060. The van der Waals surface area contributed by atoms with E-state index in [-0.39, 0.29) is 16.7 Å². The highest BCUT2D eigenvalue weighted by molar-refractivity contribution is 6.30. The summed E-state index contributed by atoms with van der Waals surface area (Å²) in [6.07, 6.45) is 1.95. The van der Waals surface area contributed by atoms with Gasteiger partial charge in [0.05, 0.1) is 23.5 Å². The van der Waals surface area contributed by atoms with Crippen LogP contribution >= 0.6 is 11.6 Å². The van der Waals surface area contributed by atoms with Crippen molar-refractivity contribution in [3.8, 4) is 11.4 Å². The Labute approximate surface area is 152 Å². The van der Waals surface area contributed by atoms with Crippen molar-refractivity contribution in [1.82, 2.24) is 19.9 Å². The molecule has 1 aliphatic rings. The van der Waals surface area contributed by atoms with Crippen LogP contribution in [0.25, 0.3) is 11.4 Å². The van der Waals surface area contributed by atoms with Crippen LogP contribution in [0.2, 0.25) is 5.02 Å². The summed E-state index contributed by atoms with van der Waals surface area (Å²) in [5, 5.41) is -0.0246. The van der Waals surface area contributed by atoms with Crippen molar-refractivity contribution in [1.29, 1.82) is 0 Å². The third kappa shape index (κ3) is 3.01. The highest BCUT2D eigenvalue weighted by Crippen LogP contribution is 2.24. The molecule has 0 spiro atoms. The minimum absolute atomic E-state index is 0.0246. The summed E-state index contributed by atoms with van der Waals surface area (Å²) in [7, 11) is 0. The number of carbonyl (C=O) groups excluding carboxylic acids is 1. The molecule has 8 heteroatoms. The largest absolute Gasteiger partial charge is 0.340 e. The molecule has 2 aromatic heterocycles. The Balaban J connectivity index is 1.59. The molecule has 0 bridgehead atoms. The maximum atomic E-state index is 13.4. The van der Waals surface area contributed by atoms with E-state index in [1.165, 1.54) is 24.4 Å². The summed E-state index contributed by atoms with van der Waals surface area (Å²) in [6.45, 7) is 0.850. The van der Waals surface area contributed by atoms with Crippen LogP contribution in [0.1, 0.15) is 21.7 Å². The second kappa shape index (κ2) is 6.42. The van der Waals surface area contributed by atoms with Gasteiger partial charge in [-0.3, -0.25) is 9.59 Å². The number of halogens is 2. The van der Waals surface area contributed by atoms with Gasteiger partial charge in [0, 0.05) is 24.7 Å². The number of hydrogen-bond acceptors (Lipinski definition) is 3. The van der Waals surface area contributed by atoms with Gasteiger partial charge in [-0.2, -0.15) is 0 Å². The van der Waals surface area contributed by atoms with Gasteiger partial charge in [-0.15, -0.1) is 0 Å². The number of aromatic nitrogens is 3. The summed E-state index contributed by atoms with van der Waals surface area (Å²) in [4.78, 5) is 35.8. The first-order chi connectivity index (χ1) is 12.5. The molecular weight excluding hydrogens is 359 g/mol. The zero-order valence-electron chi connectivity index (χ0n) is 13.6. The highest BCUT2D eigenvalue weighted by atomic mass is 35.5. The molecule has 132 valence electrons. The molecule has 2 N–H and O–H groups in total. The molecule has 3 heterocycles. The van der Waals surface area contributed by atoms with Crippen LogP contribution in [-0.2, 0) is 13.0 Å². The van der Waals surface area contributed by atoms with Crippen molar-refractivity contribution in [3.63, 3.8) is 0 Å². The van der Waals surface area contributed by atoms with Crippen molar-refractivity contribution >= 4 is 17.5 Å². The lowest BCUT2D eigenvalue weighted by Gasteiger charge is -2.26. The lowest BCUT2D eigenvalue weighted by atomic mass is 10.1. The van der Waals surface area contributed by atoms with Gasteiger partial charge in [-0.05, 0) is 18.2 Å². The van der Waals surface area contributed by atoms with Gasteiger partial charge < -0.3 is 14.9 Å². The molecule has 3 aromatic rings. The van der Waals surface area contributed by atoms with Gasteiger partial charge in [0.1, 0.15) is 16.7 Å². The van der Waals surface area contributed by atoms with Gasteiger partial charge in [0.15, 0.2) is 0 Å². The van der Waals surface area contributed by atoms with E-state index < -0.39 is 5.56 Å². The molecule has 4 rings (SSSR count). The molecule has 0 saturated heterocycles. The minimum Gasteiger partial charge on any atom is -0.340 e. The van der Waals surface area contributed by atoms with E-state index in [0.717, 1.165) is 11.4 Å². The summed E-state index contributed by atoms with van der Waals surface area (Å²) in [5.41, 5.74) is 2.23. The van der Waals surface area contributed by atoms with E-state index >= 15 is 0 Å². The second-order valence-corrected chi connectivity index (χ2v) is 6.47. The predicted molar refractivity (Wildman–Crippen MR) is 94.5 cm³/mol. The zero-order valence-corrected chi connectivity index (χ0v) is 14.3. The van der Waals surface area contributed by atoms with Crippen LogP contribution < -0.4 is 5.56 Å². The van der Waals surface area contributed by atoms with E-state index in [1.807, 2.05) is 0 Å². The number of H-pyrrole nitrogens is 2. The van der Waals surface area contributed by atoms with E-state index in [2.05, 4.69) is 15.0 Å². The Morgan fingerprint density at radius 1 is 1.31 bits per heavy atom. The number of carbonyl (C=O) groups is 1. The molecule has 1 aromatic carbocycles. The molecule has 26 heavy (non-hydrogen) atoms. The van der Waals surface area contributed by atoms with E-state index in [4.69, 9.17) is 11.6 Å². The third-order valence-electron chi connectivity index (χ3n) is 4.32. The quantitative estimate of drug-likeness (QED) is 0.725. The Kier molecular flexibility index (Phi) is 4.08. The number of benzene rings is 1. The number of amides is 1. The Hall–Kier alpha value is -2.93. The fourth-order valence-electron chi connectivity index (χ4n) is 3.00. The molecule has 0 aliphatic carbocycles. The summed E-state index contributed by atoms with van der Waals surface area (Å²) in [5.74, 6) is 0.0233. The normalized spacial score (nSPS) is 13.5. The zero-order chi connectivity index (χ0) is 18.3. The van der Waals surface area contributed by atoms with Gasteiger partial charge >= 0.3 is 0 Å². The van der Waals surface area contributed by atoms with Gasteiger partial charge in [-0.1, -0.05) is 23.7 Å². The monoisotopic (exact) mass is 372 g/mol. The van der Waals surface area contributed by atoms with Crippen LogP contribution in [0, 0.1) is 5.82 Å². The first-order valence-electron chi connectivity index (χ1n) is 8.02. The highest BCUT2D eigenvalue weighted by Gasteiger charge is 2.25. The van der Waals surface area contributed by atoms with E-state index in [0.29, 0.717) is 36.5 Å². The second-order valence-electron chi connectivity index (χ2n) is 6.06. The van der Waals surface area contributed by atoms with Crippen LogP contribution in [0.4, 0.5) is 4.39 Å². The molecular formula is C18H14ClFN4O2. The number of aromatic amines is 2. The number of rotatable bonds is 2. The number of imidazole rings is 1.